The van der Waals surface area contributed by atoms with Gasteiger partial charge in [0.2, 0.25) is 11.7 Å². The number of aryl methyl sites for hydroxylation is 1. The number of rotatable bonds is 5. The molecule has 0 radical (unpaired) electrons. The number of hydrogen-bond donors (Lipinski definition) is 0. The second kappa shape index (κ2) is 7.72. The molecule has 0 unspecified atom stereocenters. The molecule has 5 rings (SSSR count). The Hall–Kier alpha value is -3.52. The first-order valence-electron chi connectivity index (χ1n) is 9.76. The second-order valence-corrected chi connectivity index (χ2v) is 7.25. The molecule has 2 aromatic heterocycles. The highest BCUT2D eigenvalue weighted by molar-refractivity contribution is 5.51. The number of methoxy groups -OCH3 is 1. The van der Waals surface area contributed by atoms with Crippen LogP contribution in [0.3, 0.4) is 0 Å². The highest BCUT2D eigenvalue weighted by Crippen LogP contribution is 2.30. The highest BCUT2D eigenvalue weighted by Gasteiger charge is 2.27. The molecule has 1 aliphatic rings. The molecule has 8 nitrogen and oxygen atoms in total. The molecule has 0 aliphatic carbocycles. The van der Waals surface area contributed by atoms with E-state index in [9.17, 15) is 0 Å². The van der Waals surface area contributed by atoms with E-state index < -0.39 is 0 Å². The molecule has 0 saturated carbocycles. The number of benzene rings is 2. The standard InChI is InChI=1S/C22H21N5O3/c1-14-5-3-4-6-16(14)11-20-23-22(25-30-20)21-18-13-29-19(12-27(18)26-24-21)15-7-9-17(28-2)10-8-15/h3-10,19H,11-13H2,1-2H3/t19-/m0/s1. The Labute approximate surface area is 173 Å². The number of hydrogen-bond acceptors (Lipinski definition) is 7. The van der Waals surface area contributed by atoms with Crippen molar-refractivity contribution < 1.29 is 14.0 Å². The van der Waals surface area contributed by atoms with Crippen molar-refractivity contribution in [1.29, 1.82) is 0 Å². The van der Waals surface area contributed by atoms with Crippen LogP contribution in [0.2, 0.25) is 0 Å². The molecule has 2 aromatic carbocycles. The third kappa shape index (κ3) is 3.46. The van der Waals surface area contributed by atoms with E-state index in [1.807, 2.05) is 41.1 Å². The maximum absolute atomic E-state index is 6.07. The summed E-state index contributed by atoms with van der Waals surface area (Å²) in [6.45, 7) is 3.02. The van der Waals surface area contributed by atoms with Crippen LogP contribution in [-0.2, 0) is 24.3 Å². The molecule has 30 heavy (non-hydrogen) atoms. The minimum absolute atomic E-state index is 0.0974. The molecule has 0 amide bonds. The zero-order chi connectivity index (χ0) is 20.5. The van der Waals surface area contributed by atoms with E-state index in [0.717, 1.165) is 22.6 Å². The Morgan fingerprint density at radius 3 is 2.77 bits per heavy atom. The first-order chi connectivity index (χ1) is 14.7. The van der Waals surface area contributed by atoms with E-state index in [2.05, 4.69) is 39.5 Å². The molecule has 1 atom stereocenters. The monoisotopic (exact) mass is 403 g/mol. The topological polar surface area (TPSA) is 88.1 Å². The minimum atomic E-state index is -0.0974. The van der Waals surface area contributed by atoms with Crippen LogP contribution in [0.15, 0.2) is 53.1 Å². The molecule has 8 heteroatoms. The van der Waals surface area contributed by atoms with E-state index in [0.29, 0.717) is 37.0 Å². The molecule has 152 valence electrons. The lowest BCUT2D eigenvalue weighted by atomic mass is 10.1. The van der Waals surface area contributed by atoms with Gasteiger partial charge >= 0.3 is 0 Å². The number of aromatic nitrogens is 5. The Morgan fingerprint density at radius 2 is 1.97 bits per heavy atom. The third-order valence-electron chi connectivity index (χ3n) is 5.37. The van der Waals surface area contributed by atoms with Gasteiger partial charge in [0.05, 0.1) is 32.4 Å². The van der Waals surface area contributed by atoms with Gasteiger partial charge in [-0.25, -0.2) is 4.68 Å². The van der Waals surface area contributed by atoms with Crippen LogP contribution in [0, 0.1) is 6.92 Å². The van der Waals surface area contributed by atoms with Gasteiger partial charge in [0.15, 0.2) is 5.69 Å². The molecule has 1 aliphatic heterocycles. The molecule has 0 bridgehead atoms. The van der Waals surface area contributed by atoms with Gasteiger partial charge in [0, 0.05) is 0 Å². The van der Waals surface area contributed by atoms with Gasteiger partial charge in [0.1, 0.15) is 11.9 Å². The first kappa shape index (κ1) is 18.5. The van der Waals surface area contributed by atoms with Gasteiger partial charge in [-0.3, -0.25) is 0 Å². The zero-order valence-corrected chi connectivity index (χ0v) is 16.8. The van der Waals surface area contributed by atoms with Crippen LogP contribution in [-0.4, -0.2) is 32.2 Å². The molecule has 0 spiro atoms. The summed E-state index contributed by atoms with van der Waals surface area (Å²) in [5.41, 5.74) is 4.86. The van der Waals surface area contributed by atoms with Crippen molar-refractivity contribution in [3.05, 3.63) is 76.8 Å². The van der Waals surface area contributed by atoms with Crippen LogP contribution in [0.1, 0.15) is 34.4 Å². The Kier molecular flexibility index (Phi) is 4.76. The Morgan fingerprint density at radius 1 is 1.13 bits per heavy atom. The van der Waals surface area contributed by atoms with Gasteiger partial charge in [-0.1, -0.05) is 46.8 Å². The average Bonchev–Trinajstić information content (AvgIpc) is 3.41. The van der Waals surface area contributed by atoms with Gasteiger partial charge in [-0.15, -0.1) is 5.10 Å². The van der Waals surface area contributed by atoms with E-state index in [4.69, 9.17) is 14.0 Å². The summed E-state index contributed by atoms with van der Waals surface area (Å²) in [5.74, 6) is 1.80. The van der Waals surface area contributed by atoms with Crippen molar-refractivity contribution in [2.24, 2.45) is 0 Å². The predicted octanol–water partition coefficient (Wildman–Crippen LogP) is 3.51. The van der Waals surface area contributed by atoms with Crippen molar-refractivity contribution in [2.45, 2.75) is 32.6 Å². The van der Waals surface area contributed by atoms with Crippen molar-refractivity contribution >= 4 is 0 Å². The second-order valence-electron chi connectivity index (χ2n) is 7.25. The third-order valence-corrected chi connectivity index (χ3v) is 5.37. The summed E-state index contributed by atoms with van der Waals surface area (Å²) in [5, 5.41) is 12.7. The van der Waals surface area contributed by atoms with Crippen molar-refractivity contribution in [3.63, 3.8) is 0 Å². The summed E-state index contributed by atoms with van der Waals surface area (Å²) in [6, 6.07) is 16.0. The van der Waals surface area contributed by atoms with E-state index >= 15 is 0 Å². The Balaban J connectivity index is 1.34. The highest BCUT2D eigenvalue weighted by atomic mass is 16.5. The molecule has 3 heterocycles. The molecular formula is C22H21N5O3. The minimum Gasteiger partial charge on any atom is -0.497 e. The normalized spacial score (nSPS) is 15.7. The lowest BCUT2D eigenvalue weighted by Gasteiger charge is -2.24. The molecule has 0 fully saturated rings. The van der Waals surface area contributed by atoms with Crippen LogP contribution < -0.4 is 4.74 Å². The maximum Gasteiger partial charge on any atom is 0.231 e. The van der Waals surface area contributed by atoms with Crippen molar-refractivity contribution in [2.75, 3.05) is 7.11 Å². The maximum atomic E-state index is 6.07. The predicted molar refractivity (Wildman–Crippen MR) is 108 cm³/mol. The lowest BCUT2D eigenvalue weighted by molar-refractivity contribution is -0.00114. The average molecular weight is 403 g/mol. The van der Waals surface area contributed by atoms with Gasteiger partial charge in [-0.2, -0.15) is 4.98 Å². The fourth-order valence-electron chi connectivity index (χ4n) is 3.60. The lowest BCUT2D eigenvalue weighted by Crippen LogP contribution is -2.22. The summed E-state index contributed by atoms with van der Waals surface area (Å²) in [6.07, 6.45) is 0.485. The summed E-state index contributed by atoms with van der Waals surface area (Å²) < 4.78 is 18.6. The van der Waals surface area contributed by atoms with Crippen LogP contribution in [0.4, 0.5) is 0 Å². The molecule has 0 saturated heterocycles. The number of nitrogens with zero attached hydrogens (tertiary/aromatic N) is 5. The van der Waals surface area contributed by atoms with E-state index in [1.54, 1.807) is 7.11 Å². The molecule has 4 aromatic rings. The van der Waals surface area contributed by atoms with Gasteiger partial charge in [0.25, 0.3) is 0 Å². The summed E-state index contributed by atoms with van der Waals surface area (Å²) in [7, 11) is 1.65. The molecular weight excluding hydrogens is 382 g/mol. The quantitative estimate of drug-likeness (QED) is 0.504. The van der Waals surface area contributed by atoms with Crippen molar-refractivity contribution in [3.8, 4) is 17.3 Å². The SMILES string of the molecule is COc1ccc([C@@H]2Cn3nnc(-c4noc(Cc5ccccc5C)n4)c3CO2)cc1. The number of fused-ring (bicyclic) bond motifs is 1. The summed E-state index contributed by atoms with van der Waals surface area (Å²) in [4.78, 5) is 4.53. The molecule has 0 N–H and O–H groups in total. The smallest absolute Gasteiger partial charge is 0.231 e. The fourth-order valence-corrected chi connectivity index (χ4v) is 3.60. The largest absolute Gasteiger partial charge is 0.497 e. The zero-order valence-electron chi connectivity index (χ0n) is 16.8. The number of ether oxygens (including phenoxy) is 2. The van der Waals surface area contributed by atoms with Gasteiger partial charge in [-0.05, 0) is 35.7 Å². The fraction of sp³-hybridized carbons (Fsp3) is 0.273. The Bertz CT molecular complexity index is 1170. The van der Waals surface area contributed by atoms with Crippen molar-refractivity contribution in [1.82, 2.24) is 25.1 Å². The first-order valence-corrected chi connectivity index (χ1v) is 9.76. The van der Waals surface area contributed by atoms with E-state index in [1.165, 1.54) is 5.56 Å². The summed E-state index contributed by atoms with van der Waals surface area (Å²) >= 11 is 0. The van der Waals surface area contributed by atoms with Crippen LogP contribution in [0.5, 0.6) is 5.75 Å². The van der Waals surface area contributed by atoms with Crippen LogP contribution >= 0.6 is 0 Å². The van der Waals surface area contributed by atoms with Crippen LogP contribution in [0.25, 0.3) is 11.5 Å². The van der Waals surface area contributed by atoms with Gasteiger partial charge < -0.3 is 14.0 Å². The van der Waals surface area contributed by atoms with E-state index in [-0.39, 0.29) is 6.10 Å².